The van der Waals surface area contributed by atoms with Crippen LogP contribution in [0, 0.1) is 0 Å². The van der Waals surface area contributed by atoms with Crippen molar-refractivity contribution < 1.29 is 13.6 Å². The molecule has 28 heavy (non-hydrogen) atoms. The third-order valence-electron chi connectivity index (χ3n) is 4.20. The van der Waals surface area contributed by atoms with Gasteiger partial charge in [-0.05, 0) is 56.2 Å². The van der Waals surface area contributed by atoms with E-state index in [0.29, 0.717) is 0 Å². The summed E-state index contributed by atoms with van der Waals surface area (Å²) in [6, 6.07) is 23.9. The van der Waals surface area contributed by atoms with E-state index < -0.39 is 13.4 Å². The van der Waals surface area contributed by atoms with Crippen molar-refractivity contribution in [3.63, 3.8) is 0 Å². The van der Waals surface area contributed by atoms with Crippen LogP contribution in [0.2, 0.25) is 0 Å². The summed E-state index contributed by atoms with van der Waals surface area (Å²) in [4.78, 5) is 0. The molecule has 0 radical (unpaired) electrons. The van der Waals surface area contributed by atoms with Gasteiger partial charge in [-0.15, -0.1) is 0 Å². The minimum atomic E-state index is -3.50. The Morgan fingerprint density at radius 1 is 0.750 bits per heavy atom. The summed E-state index contributed by atoms with van der Waals surface area (Å²) in [6.07, 6.45) is -0.455. The molecule has 0 saturated heterocycles. The van der Waals surface area contributed by atoms with E-state index in [1.807, 2.05) is 76.2 Å². The summed E-state index contributed by atoms with van der Waals surface area (Å²) in [5.74, 6) is -0.611. The number of fused-ring (bicyclic) bond motifs is 1. The summed E-state index contributed by atoms with van der Waals surface area (Å²) in [5, 5.41) is 5.70. The SMILES string of the molecule is CC(C)OP(=O)(OC(C)C)C(Nc1ccc2ccccc2c1)c1ccccc1. The Bertz CT molecular complexity index is 942. The van der Waals surface area contributed by atoms with E-state index in [1.165, 1.54) is 0 Å². The Morgan fingerprint density at radius 2 is 1.32 bits per heavy atom. The standard InChI is InChI=1S/C23H28NO3P/c1-17(2)26-28(25,27-18(3)4)23(20-11-6-5-7-12-20)24-22-15-14-19-10-8-9-13-21(19)16-22/h5-18,23-24H,1-4H3. The van der Waals surface area contributed by atoms with Crippen LogP contribution >= 0.6 is 7.60 Å². The topological polar surface area (TPSA) is 47.6 Å². The van der Waals surface area contributed by atoms with Crippen molar-refractivity contribution in [2.24, 2.45) is 0 Å². The van der Waals surface area contributed by atoms with Crippen molar-refractivity contribution in [1.29, 1.82) is 0 Å². The fourth-order valence-electron chi connectivity index (χ4n) is 3.15. The predicted octanol–water partition coefficient (Wildman–Crippen LogP) is 6.99. The minimum Gasteiger partial charge on any atom is -0.368 e. The molecule has 0 aliphatic rings. The molecule has 0 fully saturated rings. The molecule has 3 rings (SSSR count). The van der Waals surface area contributed by atoms with Crippen molar-refractivity contribution in [3.05, 3.63) is 78.4 Å². The van der Waals surface area contributed by atoms with Crippen LogP contribution in [0.15, 0.2) is 72.8 Å². The van der Waals surface area contributed by atoms with Crippen molar-refractivity contribution in [3.8, 4) is 0 Å². The van der Waals surface area contributed by atoms with Crippen molar-refractivity contribution in [2.75, 3.05) is 5.32 Å². The lowest BCUT2D eigenvalue weighted by atomic mass is 10.1. The number of nitrogens with one attached hydrogen (secondary N) is 1. The van der Waals surface area contributed by atoms with Gasteiger partial charge in [0.2, 0.25) is 0 Å². The monoisotopic (exact) mass is 397 g/mol. The van der Waals surface area contributed by atoms with Crippen molar-refractivity contribution >= 4 is 24.1 Å². The van der Waals surface area contributed by atoms with E-state index in [2.05, 4.69) is 29.6 Å². The summed E-state index contributed by atoms with van der Waals surface area (Å²) >= 11 is 0. The highest BCUT2D eigenvalue weighted by Crippen LogP contribution is 2.62. The van der Waals surface area contributed by atoms with E-state index in [-0.39, 0.29) is 12.2 Å². The molecule has 0 amide bonds. The van der Waals surface area contributed by atoms with Crippen LogP contribution in [-0.4, -0.2) is 12.2 Å². The molecule has 3 aromatic rings. The molecular weight excluding hydrogens is 369 g/mol. The van der Waals surface area contributed by atoms with E-state index in [4.69, 9.17) is 9.05 Å². The molecule has 1 N–H and O–H groups in total. The third-order valence-corrected chi connectivity index (χ3v) is 6.69. The van der Waals surface area contributed by atoms with E-state index in [0.717, 1.165) is 22.0 Å². The Morgan fingerprint density at radius 3 is 1.93 bits per heavy atom. The molecule has 0 aromatic heterocycles. The van der Waals surface area contributed by atoms with E-state index in [9.17, 15) is 4.57 Å². The third kappa shape index (κ3) is 5.02. The van der Waals surface area contributed by atoms with E-state index in [1.54, 1.807) is 0 Å². The maximum Gasteiger partial charge on any atom is 0.357 e. The number of hydrogen-bond acceptors (Lipinski definition) is 4. The second kappa shape index (κ2) is 8.91. The normalized spacial score (nSPS) is 13.2. The average molecular weight is 397 g/mol. The first-order chi connectivity index (χ1) is 13.4. The zero-order valence-electron chi connectivity index (χ0n) is 16.8. The fraction of sp³-hybridized carbons (Fsp3) is 0.304. The van der Waals surface area contributed by atoms with Gasteiger partial charge in [0, 0.05) is 5.69 Å². The Labute approximate surface area is 167 Å². The largest absolute Gasteiger partial charge is 0.368 e. The molecule has 1 unspecified atom stereocenters. The zero-order chi connectivity index (χ0) is 20.1. The highest BCUT2D eigenvalue weighted by Gasteiger charge is 2.39. The van der Waals surface area contributed by atoms with Gasteiger partial charge in [-0.3, -0.25) is 4.57 Å². The molecule has 5 heteroatoms. The predicted molar refractivity (Wildman–Crippen MR) is 117 cm³/mol. The smallest absolute Gasteiger partial charge is 0.357 e. The number of hydrogen-bond donors (Lipinski definition) is 1. The molecule has 0 heterocycles. The summed E-state index contributed by atoms with van der Waals surface area (Å²) in [6.45, 7) is 7.48. The molecule has 4 nitrogen and oxygen atoms in total. The van der Waals surface area contributed by atoms with Crippen molar-refractivity contribution in [2.45, 2.75) is 45.7 Å². The molecule has 3 aromatic carbocycles. The van der Waals surface area contributed by atoms with Crippen LogP contribution in [0.5, 0.6) is 0 Å². The average Bonchev–Trinajstić information content (AvgIpc) is 2.65. The van der Waals surface area contributed by atoms with Crippen LogP contribution in [-0.2, 0) is 13.6 Å². The molecule has 0 spiro atoms. The lowest BCUT2D eigenvalue weighted by Gasteiger charge is -2.31. The van der Waals surface area contributed by atoms with Gasteiger partial charge in [0.15, 0.2) is 5.78 Å². The fourth-order valence-corrected chi connectivity index (χ4v) is 5.46. The van der Waals surface area contributed by atoms with Gasteiger partial charge in [-0.25, -0.2) is 0 Å². The number of anilines is 1. The van der Waals surface area contributed by atoms with Gasteiger partial charge in [-0.1, -0.05) is 60.7 Å². The quantitative estimate of drug-likeness (QED) is 0.416. The van der Waals surface area contributed by atoms with Gasteiger partial charge in [0.25, 0.3) is 0 Å². The first-order valence-electron chi connectivity index (χ1n) is 9.64. The zero-order valence-corrected chi connectivity index (χ0v) is 17.7. The maximum absolute atomic E-state index is 13.9. The Kier molecular flexibility index (Phi) is 6.56. The molecule has 0 aliphatic heterocycles. The van der Waals surface area contributed by atoms with Gasteiger partial charge in [0.1, 0.15) is 0 Å². The highest BCUT2D eigenvalue weighted by atomic mass is 31.2. The highest BCUT2D eigenvalue weighted by molar-refractivity contribution is 7.54. The second-order valence-electron chi connectivity index (χ2n) is 7.37. The number of rotatable bonds is 8. The maximum atomic E-state index is 13.9. The Balaban J connectivity index is 2.03. The lowest BCUT2D eigenvalue weighted by Crippen LogP contribution is -2.19. The van der Waals surface area contributed by atoms with Crippen molar-refractivity contribution in [1.82, 2.24) is 0 Å². The molecule has 148 valence electrons. The van der Waals surface area contributed by atoms with Gasteiger partial charge < -0.3 is 14.4 Å². The van der Waals surface area contributed by atoms with Crippen LogP contribution in [0.4, 0.5) is 5.69 Å². The van der Waals surface area contributed by atoms with Crippen LogP contribution in [0.25, 0.3) is 10.8 Å². The first kappa shape index (κ1) is 20.6. The minimum absolute atomic E-state index is 0.228. The Hall–Kier alpha value is -2.13. The van der Waals surface area contributed by atoms with Crippen LogP contribution < -0.4 is 5.32 Å². The molecular formula is C23H28NO3P. The van der Waals surface area contributed by atoms with Gasteiger partial charge in [0.05, 0.1) is 12.2 Å². The molecule has 1 atom stereocenters. The second-order valence-corrected chi connectivity index (χ2v) is 9.39. The summed E-state index contributed by atoms with van der Waals surface area (Å²) in [7, 11) is -3.50. The molecule has 0 aliphatic carbocycles. The van der Waals surface area contributed by atoms with Gasteiger partial charge >= 0.3 is 7.60 Å². The van der Waals surface area contributed by atoms with Crippen LogP contribution in [0.1, 0.15) is 39.0 Å². The summed E-state index contributed by atoms with van der Waals surface area (Å²) in [5.41, 5.74) is 1.73. The van der Waals surface area contributed by atoms with E-state index >= 15 is 0 Å². The lowest BCUT2D eigenvalue weighted by molar-refractivity contribution is 0.138. The molecule has 0 bridgehead atoms. The molecule has 0 saturated carbocycles. The number of benzene rings is 3. The first-order valence-corrected chi connectivity index (χ1v) is 11.3. The van der Waals surface area contributed by atoms with Crippen LogP contribution in [0.3, 0.4) is 0 Å². The van der Waals surface area contributed by atoms with Gasteiger partial charge in [-0.2, -0.15) is 0 Å². The summed E-state index contributed by atoms with van der Waals surface area (Å²) < 4.78 is 25.7.